The van der Waals surface area contributed by atoms with Crippen molar-refractivity contribution in [3.8, 4) is 0 Å². The van der Waals surface area contributed by atoms with Crippen LogP contribution in [0.15, 0.2) is 67.0 Å². The number of nitrogens with zero attached hydrogens (tertiary/aromatic N) is 1. The van der Waals surface area contributed by atoms with Crippen LogP contribution >= 0.6 is 0 Å². The lowest BCUT2D eigenvalue weighted by Crippen LogP contribution is -2.42. The van der Waals surface area contributed by atoms with E-state index in [0.29, 0.717) is 13.0 Å². The van der Waals surface area contributed by atoms with Gasteiger partial charge in [0.05, 0.1) is 0 Å². The van der Waals surface area contributed by atoms with Gasteiger partial charge < -0.3 is 5.32 Å². The quantitative estimate of drug-likeness (QED) is 0.722. The first kappa shape index (κ1) is 15.2. The van der Waals surface area contributed by atoms with Crippen molar-refractivity contribution in [3.63, 3.8) is 0 Å². The second kappa shape index (κ2) is 7.01. The van der Waals surface area contributed by atoms with Gasteiger partial charge in [0.1, 0.15) is 5.82 Å². The van der Waals surface area contributed by atoms with Crippen LogP contribution < -0.4 is 9.88 Å². The number of benzene rings is 2. The number of hydrogen-bond acceptors (Lipinski definition) is 1. The average Bonchev–Trinajstić information content (AvgIpc) is 2.56. The molecule has 0 saturated carbocycles. The zero-order chi connectivity index (χ0) is 16.1. The van der Waals surface area contributed by atoms with Crippen molar-refractivity contribution in [2.45, 2.75) is 13.0 Å². The van der Waals surface area contributed by atoms with E-state index in [4.69, 9.17) is 0 Å². The third-order valence-electron chi connectivity index (χ3n) is 3.72. The molecule has 3 aromatic rings. The molecule has 0 unspecified atom stereocenters. The fourth-order valence-electron chi connectivity index (χ4n) is 2.50. The summed E-state index contributed by atoms with van der Waals surface area (Å²) >= 11 is 0. The summed E-state index contributed by atoms with van der Waals surface area (Å²) < 4.78 is 14.7. The van der Waals surface area contributed by atoms with Gasteiger partial charge in [0.15, 0.2) is 12.4 Å². The first-order chi connectivity index (χ1) is 11.2. The van der Waals surface area contributed by atoms with E-state index in [0.717, 1.165) is 16.3 Å². The molecular formula is C19H18FN2O+. The minimum absolute atomic E-state index is 0.0348. The molecule has 3 nitrogen and oxygen atoms in total. The van der Waals surface area contributed by atoms with Crippen LogP contribution in [0.4, 0.5) is 4.39 Å². The largest absolute Gasteiger partial charge is 0.350 e. The number of carbonyl (C=O) groups is 1. The zero-order valence-corrected chi connectivity index (χ0v) is 12.7. The van der Waals surface area contributed by atoms with Crippen molar-refractivity contribution in [3.05, 3.63) is 78.4 Å². The van der Waals surface area contributed by atoms with Crippen LogP contribution in [0.1, 0.15) is 5.56 Å². The summed E-state index contributed by atoms with van der Waals surface area (Å²) in [7, 11) is 0. The Hall–Kier alpha value is -2.75. The Morgan fingerprint density at radius 1 is 1.00 bits per heavy atom. The van der Waals surface area contributed by atoms with Crippen LogP contribution in [-0.4, -0.2) is 12.5 Å². The summed E-state index contributed by atoms with van der Waals surface area (Å²) in [6.45, 7) is 0.826. The molecule has 0 aliphatic rings. The van der Waals surface area contributed by atoms with Crippen molar-refractivity contribution < 1.29 is 13.8 Å². The van der Waals surface area contributed by atoms with Gasteiger partial charge in [-0.2, -0.15) is 4.57 Å². The third kappa shape index (κ3) is 4.13. The highest BCUT2D eigenvalue weighted by Crippen LogP contribution is 2.09. The number of aromatic nitrogens is 1. The molecule has 0 aliphatic heterocycles. The van der Waals surface area contributed by atoms with E-state index in [2.05, 4.69) is 5.32 Å². The van der Waals surface area contributed by atoms with Crippen molar-refractivity contribution in [2.24, 2.45) is 0 Å². The summed E-state index contributed by atoms with van der Waals surface area (Å²) in [5.41, 5.74) is 1.00. The SMILES string of the molecule is O=C(C[n+]1ccc2ccccc2c1)NCCc1ccc(F)cc1. The molecule has 0 atom stereocenters. The molecular weight excluding hydrogens is 291 g/mol. The van der Waals surface area contributed by atoms with E-state index in [1.165, 1.54) is 12.1 Å². The van der Waals surface area contributed by atoms with E-state index < -0.39 is 0 Å². The fourth-order valence-corrected chi connectivity index (χ4v) is 2.50. The zero-order valence-electron chi connectivity index (χ0n) is 12.7. The number of amides is 1. The topological polar surface area (TPSA) is 33.0 Å². The first-order valence-corrected chi connectivity index (χ1v) is 7.60. The van der Waals surface area contributed by atoms with E-state index in [9.17, 15) is 9.18 Å². The molecule has 0 saturated heterocycles. The molecule has 116 valence electrons. The van der Waals surface area contributed by atoms with Gasteiger partial charge in [-0.15, -0.1) is 0 Å². The Kier molecular flexibility index (Phi) is 4.62. The summed E-state index contributed by atoms with van der Waals surface area (Å²) in [6, 6.07) is 16.4. The van der Waals surface area contributed by atoms with Gasteiger partial charge in [-0.1, -0.05) is 30.3 Å². The first-order valence-electron chi connectivity index (χ1n) is 7.60. The summed E-state index contributed by atoms with van der Waals surface area (Å²) in [5.74, 6) is -0.280. The highest BCUT2D eigenvalue weighted by atomic mass is 19.1. The van der Waals surface area contributed by atoms with Crippen molar-refractivity contribution in [1.82, 2.24) is 5.32 Å². The summed E-state index contributed by atoms with van der Waals surface area (Å²) in [4.78, 5) is 12.0. The second-order valence-corrected chi connectivity index (χ2v) is 5.47. The lowest BCUT2D eigenvalue weighted by molar-refractivity contribution is -0.683. The highest BCUT2D eigenvalue weighted by Gasteiger charge is 2.09. The standard InChI is InChI=1S/C19H17FN2O/c20-18-7-5-15(6-8-18)9-11-21-19(23)14-22-12-10-16-3-1-2-4-17(16)13-22/h1-8,10,12-13H,9,11,14H2/p+1. The number of hydrogen-bond donors (Lipinski definition) is 1. The molecule has 1 N–H and O–H groups in total. The van der Waals surface area contributed by atoms with Gasteiger partial charge in [0.25, 0.3) is 5.91 Å². The molecule has 0 aliphatic carbocycles. The van der Waals surface area contributed by atoms with Gasteiger partial charge in [-0.25, -0.2) is 4.39 Å². The van der Waals surface area contributed by atoms with Crippen molar-refractivity contribution >= 4 is 16.7 Å². The maximum atomic E-state index is 12.8. The number of carbonyl (C=O) groups excluding carboxylic acids is 1. The molecule has 0 bridgehead atoms. The van der Waals surface area contributed by atoms with Crippen LogP contribution in [0.25, 0.3) is 10.8 Å². The molecule has 1 heterocycles. The fraction of sp³-hybridized carbons (Fsp3) is 0.158. The summed E-state index contributed by atoms with van der Waals surface area (Å²) in [5, 5.41) is 5.15. The molecule has 4 heteroatoms. The predicted molar refractivity (Wildman–Crippen MR) is 87.3 cm³/mol. The predicted octanol–water partition coefficient (Wildman–Crippen LogP) is 2.63. The molecule has 1 aromatic heterocycles. The number of pyridine rings is 1. The van der Waals surface area contributed by atoms with Crippen LogP contribution in [0.5, 0.6) is 0 Å². The van der Waals surface area contributed by atoms with Crippen LogP contribution in [0, 0.1) is 5.82 Å². The lowest BCUT2D eigenvalue weighted by Gasteiger charge is -2.04. The normalized spacial score (nSPS) is 10.7. The minimum atomic E-state index is -0.245. The molecule has 2 aromatic carbocycles. The van der Waals surface area contributed by atoms with E-state index >= 15 is 0 Å². The maximum Gasteiger partial charge on any atom is 0.285 e. The van der Waals surface area contributed by atoms with Gasteiger partial charge in [0.2, 0.25) is 6.54 Å². The molecule has 3 rings (SSSR count). The Bertz CT molecular complexity index is 815. The number of fused-ring (bicyclic) bond motifs is 1. The highest BCUT2D eigenvalue weighted by molar-refractivity contribution is 5.80. The van der Waals surface area contributed by atoms with E-state index in [-0.39, 0.29) is 18.3 Å². The number of halogens is 1. The lowest BCUT2D eigenvalue weighted by atomic mass is 10.1. The minimum Gasteiger partial charge on any atom is -0.350 e. The number of rotatable bonds is 5. The monoisotopic (exact) mass is 309 g/mol. The van der Waals surface area contributed by atoms with Crippen molar-refractivity contribution in [1.29, 1.82) is 0 Å². The summed E-state index contributed by atoms with van der Waals surface area (Å²) in [6.07, 6.45) is 4.56. The molecule has 0 spiro atoms. The Morgan fingerprint density at radius 3 is 2.52 bits per heavy atom. The number of nitrogens with one attached hydrogen (secondary N) is 1. The van der Waals surface area contributed by atoms with E-state index in [1.807, 2.05) is 47.3 Å². The molecule has 23 heavy (non-hydrogen) atoms. The van der Waals surface area contributed by atoms with Crippen LogP contribution in [-0.2, 0) is 17.8 Å². The third-order valence-corrected chi connectivity index (χ3v) is 3.72. The van der Waals surface area contributed by atoms with Crippen LogP contribution in [0.2, 0.25) is 0 Å². The molecule has 0 radical (unpaired) electrons. The van der Waals surface area contributed by atoms with Gasteiger partial charge in [-0.3, -0.25) is 4.79 Å². The van der Waals surface area contributed by atoms with Crippen LogP contribution in [0.3, 0.4) is 0 Å². The van der Waals surface area contributed by atoms with Gasteiger partial charge in [-0.05, 0) is 35.6 Å². The Morgan fingerprint density at radius 2 is 1.74 bits per heavy atom. The second-order valence-electron chi connectivity index (χ2n) is 5.47. The maximum absolute atomic E-state index is 12.8. The van der Waals surface area contributed by atoms with E-state index in [1.54, 1.807) is 12.1 Å². The van der Waals surface area contributed by atoms with Gasteiger partial charge in [0, 0.05) is 18.0 Å². The molecule has 1 amide bonds. The van der Waals surface area contributed by atoms with Crippen molar-refractivity contribution in [2.75, 3.05) is 6.54 Å². The Balaban J connectivity index is 1.53. The van der Waals surface area contributed by atoms with Gasteiger partial charge >= 0.3 is 0 Å². The molecule has 0 fully saturated rings. The smallest absolute Gasteiger partial charge is 0.285 e. The Labute approximate surface area is 134 Å². The average molecular weight is 309 g/mol.